The van der Waals surface area contributed by atoms with E-state index in [4.69, 9.17) is 0 Å². The van der Waals surface area contributed by atoms with Crippen LogP contribution in [0, 0.1) is 0 Å². The Kier molecular flexibility index (Phi) is 2.40. The van der Waals surface area contributed by atoms with Gasteiger partial charge >= 0.3 is 6.03 Å². The van der Waals surface area contributed by atoms with E-state index in [1.807, 2.05) is 0 Å². The highest BCUT2D eigenvalue weighted by Crippen LogP contribution is 2.19. The molecule has 0 spiro atoms. The number of carbonyl (C=O) groups excluding carboxylic acids is 3. The average molecular weight is 219 g/mol. The number of nitrogens with zero attached hydrogens (tertiary/aromatic N) is 3. The van der Waals surface area contributed by atoms with Gasteiger partial charge in [0.05, 0.1) is 5.69 Å². The maximum Gasteiger partial charge on any atom is 0.337 e. The number of hydrogen-bond donors (Lipinski definition) is 0. The van der Waals surface area contributed by atoms with Gasteiger partial charge in [0.1, 0.15) is 6.42 Å². The number of carbonyl (C=O) groups is 3. The maximum atomic E-state index is 11.7. The fourth-order valence-electron chi connectivity index (χ4n) is 1.44. The van der Waals surface area contributed by atoms with Crippen molar-refractivity contribution in [1.29, 1.82) is 0 Å². The lowest BCUT2D eigenvalue weighted by Crippen LogP contribution is -2.53. The molecule has 2 heterocycles. The largest absolute Gasteiger partial charge is 0.337 e. The summed E-state index contributed by atoms with van der Waals surface area (Å²) in [4.78, 5) is 40.3. The normalized spacial score (nSPS) is 16.9. The number of anilines is 1. The molecule has 0 bridgehead atoms. The molecule has 1 aliphatic rings. The van der Waals surface area contributed by atoms with Crippen LogP contribution in [-0.2, 0) is 9.59 Å². The molecule has 82 valence electrons. The molecule has 0 saturated carbocycles. The van der Waals surface area contributed by atoms with Gasteiger partial charge in [0.25, 0.3) is 0 Å². The van der Waals surface area contributed by atoms with E-state index in [1.165, 1.54) is 19.4 Å². The van der Waals surface area contributed by atoms with E-state index in [2.05, 4.69) is 4.98 Å². The Morgan fingerprint density at radius 1 is 1.12 bits per heavy atom. The lowest BCUT2D eigenvalue weighted by Gasteiger charge is -2.29. The van der Waals surface area contributed by atoms with Crippen LogP contribution in [0.2, 0.25) is 0 Å². The van der Waals surface area contributed by atoms with Crippen molar-refractivity contribution < 1.29 is 14.4 Å². The fourth-order valence-corrected chi connectivity index (χ4v) is 1.44. The van der Waals surface area contributed by atoms with E-state index in [9.17, 15) is 14.4 Å². The van der Waals surface area contributed by atoms with Crippen molar-refractivity contribution in [3.8, 4) is 0 Å². The molecule has 1 aliphatic heterocycles. The zero-order valence-corrected chi connectivity index (χ0v) is 8.58. The van der Waals surface area contributed by atoms with Gasteiger partial charge in [-0.2, -0.15) is 0 Å². The van der Waals surface area contributed by atoms with Gasteiger partial charge in [0.2, 0.25) is 11.8 Å². The van der Waals surface area contributed by atoms with Crippen molar-refractivity contribution in [2.24, 2.45) is 0 Å². The summed E-state index contributed by atoms with van der Waals surface area (Å²) in [5.41, 5.74) is 0.421. The molecule has 1 aromatic rings. The molecule has 1 fully saturated rings. The second kappa shape index (κ2) is 3.73. The molecular weight excluding hydrogens is 210 g/mol. The molecule has 2 rings (SSSR count). The van der Waals surface area contributed by atoms with E-state index in [-0.39, 0.29) is 6.42 Å². The van der Waals surface area contributed by atoms with Crippen LogP contribution in [0.15, 0.2) is 24.5 Å². The number of hydrogen-bond acceptors (Lipinski definition) is 4. The Balaban J connectivity index is 2.38. The highest BCUT2D eigenvalue weighted by Gasteiger charge is 2.36. The van der Waals surface area contributed by atoms with Gasteiger partial charge in [-0.05, 0) is 12.1 Å². The first-order valence-electron chi connectivity index (χ1n) is 4.65. The summed E-state index contributed by atoms with van der Waals surface area (Å²) in [5, 5.41) is 0. The average Bonchev–Trinajstić information content (AvgIpc) is 2.28. The van der Waals surface area contributed by atoms with Gasteiger partial charge in [-0.15, -0.1) is 0 Å². The maximum absolute atomic E-state index is 11.7. The molecule has 0 unspecified atom stereocenters. The van der Waals surface area contributed by atoms with Crippen LogP contribution in [0.1, 0.15) is 6.42 Å². The number of barbiturate groups is 1. The minimum Gasteiger partial charge on any atom is -0.274 e. The van der Waals surface area contributed by atoms with Crippen LogP contribution in [0.25, 0.3) is 0 Å². The Morgan fingerprint density at radius 3 is 2.38 bits per heavy atom. The van der Waals surface area contributed by atoms with Gasteiger partial charge in [-0.25, -0.2) is 9.69 Å². The Morgan fingerprint density at radius 2 is 1.75 bits per heavy atom. The van der Waals surface area contributed by atoms with E-state index in [1.54, 1.807) is 12.1 Å². The third-order valence-corrected chi connectivity index (χ3v) is 2.33. The minimum atomic E-state index is -0.632. The van der Waals surface area contributed by atoms with Crippen molar-refractivity contribution in [3.05, 3.63) is 24.5 Å². The number of imide groups is 2. The van der Waals surface area contributed by atoms with Crippen molar-refractivity contribution in [2.75, 3.05) is 11.9 Å². The second-order valence-corrected chi connectivity index (χ2v) is 3.35. The number of amides is 4. The highest BCUT2D eigenvalue weighted by atomic mass is 16.2. The van der Waals surface area contributed by atoms with Gasteiger partial charge in [0.15, 0.2) is 0 Å². The second-order valence-electron chi connectivity index (χ2n) is 3.35. The molecule has 0 atom stereocenters. The molecule has 16 heavy (non-hydrogen) atoms. The summed E-state index contributed by atoms with van der Waals surface area (Å²) in [7, 11) is 1.35. The predicted octanol–water partition coefficient (Wildman–Crippen LogP) is 0.397. The lowest BCUT2D eigenvalue weighted by molar-refractivity contribution is -0.133. The third kappa shape index (κ3) is 1.54. The minimum absolute atomic E-state index is 0.287. The first-order valence-corrected chi connectivity index (χ1v) is 4.65. The number of rotatable bonds is 1. The molecular formula is C10H9N3O3. The number of urea groups is 1. The van der Waals surface area contributed by atoms with Crippen molar-refractivity contribution in [3.63, 3.8) is 0 Å². The van der Waals surface area contributed by atoms with E-state index >= 15 is 0 Å². The molecule has 0 aromatic carbocycles. The molecule has 4 amide bonds. The van der Waals surface area contributed by atoms with E-state index in [0.717, 1.165) is 9.80 Å². The molecule has 0 N–H and O–H groups in total. The smallest absolute Gasteiger partial charge is 0.274 e. The molecule has 0 aliphatic carbocycles. The van der Waals surface area contributed by atoms with Crippen LogP contribution in [0.4, 0.5) is 10.5 Å². The van der Waals surface area contributed by atoms with Crippen molar-refractivity contribution >= 4 is 23.5 Å². The monoisotopic (exact) mass is 219 g/mol. The molecule has 1 saturated heterocycles. The number of aromatic nitrogens is 1. The van der Waals surface area contributed by atoms with E-state index in [0.29, 0.717) is 5.69 Å². The van der Waals surface area contributed by atoms with Gasteiger partial charge in [-0.1, -0.05) is 0 Å². The topological polar surface area (TPSA) is 70.6 Å². The quantitative estimate of drug-likeness (QED) is 0.641. The molecule has 6 nitrogen and oxygen atoms in total. The summed E-state index contributed by atoms with van der Waals surface area (Å²) >= 11 is 0. The fraction of sp³-hybridized carbons (Fsp3) is 0.200. The first kappa shape index (κ1) is 10.3. The lowest BCUT2D eigenvalue weighted by atomic mass is 10.2. The molecule has 0 radical (unpaired) electrons. The van der Waals surface area contributed by atoms with Crippen molar-refractivity contribution in [1.82, 2.24) is 9.88 Å². The van der Waals surface area contributed by atoms with Crippen LogP contribution in [-0.4, -0.2) is 34.8 Å². The summed E-state index contributed by atoms with van der Waals surface area (Å²) in [5.74, 6) is -1.00. The van der Waals surface area contributed by atoms with Crippen LogP contribution in [0.3, 0.4) is 0 Å². The summed E-state index contributed by atoms with van der Waals surface area (Å²) < 4.78 is 0. The van der Waals surface area contributed by atoms with Crippen LogP contribution >= 0.6 is 0 Å². The van der Waals surface area contributed by atoms with Gasteiger partial charge in [-0.3, -0.25) is 19.5 Å². The highest BCUT2D eigenvalue weighted by molar-refractivity contribution is 6.25. The Bertz CT molecular complexity index is 458. The summed E-state index contributed by atoms with van der Waals surface area (Å²) in [6, 6.07) is 2.45. The molecule has 1 aromatic heterocycles. The standard InChI is InChI=1S/C10H9N3O3/c1-12-8(14)6-9(15)13(10(12)16)7-2-4-11-5-3-7/h2-5H,6H2,1H3. The predicted molar refractivity (Wildman–Crippen MR) is 54.5 cm³/mol. The Labute approximate surface area is 91.5 Å². The van der Waals surface area contributed by atoms with Crippen LogP contribution in [0.5, 0.6) is 0 Å². The summed E-state index contributed by atoms with van der Waals surface area (Å²) in [6.45, 7) is 0. The SMILES string of the molecule is CN1C(=O)CC(=O)N(c2ccncc2)C1=O. The third-order valence-electron chi connectivity index (χ3n) is 2.33. The van der Waals surface area contributed by atoms with Gasteiger partial charge in [0, 0.05) is 19.4 Å². The van der Waals surface area contributed by atoms with Crippen molar-refractivity contribution in [2.45, 2.75) is 6.42 Å². The zero-order valence-electron chi connectivity index (χ0n) is 8.58. The molecule has 6 heteroatoms. The summed E-state index contributed by atoms with van der Waals surface area (Å²) in [6.07, 6.45) is 2.67. The van der Waals surface area contributed by atoms with Crippen LogP contribution < -0.4 is 4.90 Å². The first-order chi connectivity index (χ1) is 7.61. The van der Waals surface area contributed by atoms with E-state index < -0.39 is 17.8 Å². The van der Waals surface area contributed by atoms with Gasteiger partial charge < -0.3 is 0 Å². The Hall–Kier alpha value is -2.24. The number of pyridine rings is 1. The zero-order chi connectivity index (χ0) is 11.7.